The first-order valence-corrected chi connectivity index (χ1v) is 6.94. The predicted octanol–water partition coefficient (Wildman–Crippen LogP) is 1.97. The summed E-state index contributed by atoms with van der Waals surface area (Å²) in [7, 11) is 0. The van der Waals surface area contributed by atoms with E-state index in [9.17, 15) is 0 Å². The Hall–Kier alpha value is -0.580. The normalized spacial score (nSPS) is 25.7. The highest BCUT2D eigenvalue weighted by molar-refractivity contribution is 9.10. The second kappa shape index (κ2) is 4.96. The second-order valence-corrected chi connectivity index (χ2v) is 5.60. The van der Waals surface area contributed by atoms with Crippen LogP contribution in [0.5, 0.6) is 0 Å². The number of halogens is 1. The van der Waals surface area contributed by atoms with Gasteiger partial charge in [-0.25, -0.2) is 0 Å². The van der Waals surface area contributed by atoms with Gasteiger partial charge in [0.1, 0.15) is 0 Å². The summed E-state index contributed by atoms with van der Waals surface area (Å²) in [6, 6.07) is 9.16. The van der Waals surface area contributed by atoms with E-state index < -0.39 is 0 Å². The number of rotatable bonds is 1. The Morgan fingerprint density at radius 3 is 2.76 bits per heavy atom. The van der Waals surface area contributed by atoms with Crippen LogP contribution in [0.25, 0.3) is 0 Å². The van der Waals surface area contributed by atoms with E-state index in [2.05, 4.69) is 50.0 Å². The minimum absolute atomic E-state index is 0.571. The summed E-state index contributed by atoms with van der Waals surface area (Å²) in [5.74, 6) is 0. The standard InChI is InChI=1S/C13H17BrN2O/c14-11-1-3-12(4-2-11)16-6-5-15-7-8-17-10-13(15)9-16/h1-4,13H,5-10H2/t13-/m0/s1. The van der Waals surface area contributed by atoms with E-state index in [1.807, 2.05) is 0 Å². The van der Waals surface area contributed by atoms with Crippen molar-refractivity contribution in [3.8, 4) is 0 Å². The van der Waals surface area contributed by atoms with Gasteiger partial charge in [0.25, 0.3) is 0 Å². The quantitative estimate of drug-likeness (QED) is 0.788. The zero-order valence-corrected chi connectivity index (χ0v) is 11.4. The van der Waals surface area contributed by atoms with Crippen LogP contribution in [0.1, 0.15) is 0 Å². The van der Waals surface area contributed by atoms with E-state index in [1.54, 1.807) is 0 Å². The average Bonchev–Trinajstić information content (AvgIpc) is 2.39. The summed E-state index contributed by atoms with van der Waals surface area (Å²) >= 11 is 3.48. The van der Waals surface area contributed by atoms with Crippen molar-refractivity contribution in [1.82, 2.24) is 4.90 Å². The molecule has 0 aliphatic carbocycles. The van der Waals surface area contributed by atoms with Crippen LogP contribution in [-0.2, 0) is 4.74 Å². The molecule has 0 N–H and O–H groups in total. The lowest BCUT2D eigenvalue weighted by Gasteiger charge is -2.44. The molecular formula is C13H17BrN2O. The Bertz CT molecular complexity index is 382. The van der Waals surface area contributed by atoms with E-state index in [1.165, 1.54) is 5.69 Å². The first-order chi connectivity index (χ1) is 8.33. The van der Waals surface area contributed by atoms with Gasteiger partial charge in [0, 0.05) is 36.3 Å². The fraction of sp³-hybridized carbons (Fsp3) is 0.538. The maximum Gasteiger partial charge on any atom is 0.0639 e. The van der Waals surface area contributed by atoms with Crippen LogP contribution >= 0.6 is 15.9 Å². The molecule has 0 radical (unpaired) electrons. The molecule has 1 aromatic rings. The Balaban J connectivity index is 1.71. The molecule has 2 fully saturated rings. The lowest BCUT2D eigenvalue weighted by molar-refractivity contribution is -0.0116. The van der Waals surface area contributed by atoms with Crippen molar-refractivity contribution < 1.29 is 4.74 Å². The van der Waals surface area contributed by atoms with Gasteiger partial charge < -0.3 is 9.64 Å². The number of fused-ring (bicyclic) bond motifs is 1. The molecule has 2 heterocycles. The number of hydrogen-bond acceptors (Lipinski definition) is 3. The SMILES string of the molecule is Brc1ccc(N2CCN3CCOC[C@@H]3C2)cc1. The third-order valence-corrected chi connectivity index (χ3v) is 4.16. The maximum absolute atomic E-state index is 5.57. The maximum atomic E-state index is 5.57. The molecule has 2 saturated heterocycles. The van der Waals surface area contributed by atoms with Crippen molar-refractivity contribution in [2.45, 2.75) is 6.04 Å². The molecule has 2 aliphatic heterocycles. The van der Waals surface area contributed by atoms with Gasteiger partial charge in [0.05, 0.1) is 19.3 Å². The molecular weight excluding hydrogens is 280 g/mol. The smallest absolute Gasteiger partial charge is 0.0639 e. The van der Waals surface area contributed by atoms with Gasteiger partial charge in [-0.2, -0.15) is 0 Å². The summed E-state index contributed by atoms with van der Waals surface area (Å²) < 4.78 is 6.71. The van der Waals surface area contributed by atoms with Crippen LogP contribution in [0.3, 0.4) is 0 Å². The Morgan fingerprint density at radius 2 is 1.94 bits per heavy atom. The molecule has 0 aromatic heterocycles. The minimum Gasteiger partial charge on any atom is -0.378 e. The van der Waals surface area contributed by atoms with Crippen molar-refractivity contribution >= 4 is 21.6 Å². The number of hydrogen-bond donors (Lipinski definition) is 0. The molecule has 0 spiro atoms. The van der Waals surface area contributed by atoms with Gasteiger partial charge in [-0.15, -0.1) is 0 Å². The zero-order chi connectivity index (χ0) is 11.7. The van der Waals surface area contributed by atoms with Gasteiger partial charge in [0.15, 0.2) is 0 Å². The Kier molecular flexibility index (Phi) is 3.36. The number of ether oxygens (including phenoxy) is 1. The van der Waals surface area contributed by atoms with E-state index in [4.69, 9.17) is 4.74 Å². The lowest BCUT2D eigenvalue weighted by atomic mass is 10.1. The number of morpholine rings is 1. The van der Waals surface area contributed by atoms with E-state index in [-0.39, 0.29) is 0 Å². The highest BCUT2D eigenvalue weighted by Crippen LogP contribution is 2.22. The van der Waals surface area contributed by atoms with Gasteiger partial charge in [-0.1, -0.05) is 15.9 Å². The van der Waals surface area contributed by atoms with Crippen LogP contribution in [0, 0.1) is 0 Å². The van der Waals surface area contributed by atoms with Gasteiger partial charge in [-0.3, -0.25) is 4.90 Å². The molecule has 3 nitrogen and oxygen atoms in total. The average molecular weight is 297 g/mol. The number of anilines is 1. The van der Waals surface area contributed by atoms with Crippen LogP contribution in [0.4, 0.5) is 5.69 Å². The predicted molar refractivity (Wildman–Crippen MR) is 72.5 cm³/mol. The van der Waals surface area contributed by atoms with E-state index in [0.717, 1.165) is 43.9 Å². The molecule has 1 atom stereocenters. The molecule has 1 aromatic carbocycles. The first kappa shape index (κ1) is 11.5. The first-order valence-electron chi connectivity index (χ1n) is 6.15. The van der Waals surface area contributed by atoms with Gasteiger partial charge in [0.2, 0.25) is 0 Å². The van der Waals surface area contributed by atoms with Gasteiger partial charge in [-0.05, 0) is 24.3 Å². The summed E-state index contributed by atoms with van der Waals surface area (Å²) in [4.78, 5) is 5.02. The second-order valence-electron chi connectivity index (χ2n) is 4.69. The van der Waals surface area contributed by atoms with Crippen LogP contribution in [0.15, 0.2) is 28.7 Å². The highest BCUT2D eigenvalue weighted by Gasteiger charge is 2.29. The van der Waals surface area contributed by atoms with Crippen molar-refractivity contribution in [2.75, 3.05) is 44.3 Å². The minimum atomic E-state index is 0.571. The summed E-state index contributed by atoms with van der Waals surface area (Å²) in [5.41, 5.74) is 1.32. The van der Waals surface area contributed by atoms with Crippen LogP contribution in [-0.4, -0.2) is 50.3 Å². The molecule has 0 saturated carbocycles. The van der Waals surface area contributed by atoms with Crippen molar-refractivity contribution in [3.63, 3.8) is 0 Å². The Labute approximate surface area is 110 Å². The monoisotopic (exact) mass is 296 g/mol. The molecule has 0 amide bonds. The van der Waals surface area contributed by atoms with E-state index in [0.29, 0.717) is 6.04 Å². The Morgan fingerprint density at radius 1 is 1.12 bits per heavy atom. The third-order valence-electron chi connectivity index (χ3n) is 3.63. The molecule has 0 bridgehead atoms. The molecule has 3 rings (SSSR count). The number of piperazine rings is 1. The van der Waals surface area contributed by atoms with Gasteiger partial charge >= 0.3 is 0 Å². The zero-order valence-electron chi connectivity index (χ0n) is 9.81. The van der Waals surface area contributed by atoms with Crippen molar-refractivity contribution in [3.05, 3.63) is 28.7 Å². The molecule has 4 heteroatoms. The molecule has 0 unspecified atom stereocenters. The molecule has 92 valence electrons. The number of nitrogens with zero attached hydrogens (tertiary/aromatic N) is 2. The topological polar surface area (TPSA) is 15.7 Å². The summed E-state index contributed by atoms with van der Waals surface area (Å²) in [6.45, 7) is 6.24. The lowest BCUT2D eigenvalue weighted by Crippen LogP contribution is -2.58. The fourth-order valence-corrected chi connectivity index (χ4v) is 2.90. The largest absolute Gasteiger partial charge is 0.378 e. The molecule has 2 aliphatic rings. The highest BCUT2D eigenvalue weighted by atomic mass is 79.9. The molecule has 17 heavy (non-hydrogen) atoms. The summed E-state index contributed by atoms with van der Waals surface area (Å²) in [6.07, 6.45) is 0. The van der Waals surface area contributed by atoms with Crippen molar-refractivity contribution in [2.24, 2.45) is 0 Å². The van der Waals surface area contributed by atoms with Crippen molar-refractivity contribution in [1.29, 1.82) is 0 Å². The third kappa shape index (κ3) is 2.49. The van der Waals surface area contributed by atoms with Crippen LogP contribution < -0.4 is 4.90 Å². The van der Waals surface area contributed by atoms with Crippen LogP contribution in [0.2, 0.25) is 0 Å². The van der Waals surface area contributed by atoms with E-state index >= 15 is 0 Å². The number of benzene rings is 1. The summed E-state index contributed by atoms with van der Waals surface area (Å²) in [5, 5.41) is 0. The fourth-order valence-electron chi connectivity index (χ4n) is 2.63.